The summed E-state index contributed by atoms with van der Waals surface area (Å²) in [6.45, 7) is 4.34. The molecule has 0 aliphatic heterocycles. The maximum absolute atomic E-state index is 11.9. The summed E-state index contributed by atoms with van der Waals surface area (Å²) in [4.78, 5) is 17.9. The molecular formula is C15H20N4O3S. The van der Waals surface area contributed by atoms with Crippen molar-refractivity contribution in [3.8, 4) is 11.4 Å². The van der Waals surface area contributed by atoms with Crippen molar-refractivity contribution >= 4 is 17.3 Å². The van der Waals surface area contributed by atoms with Gasteiger partial charge in [0.25, 0.3) is 0 Å². The zero-order valence-electron chi connectivity index (χ0n) is 13.3. The van der Waals surface area contributed by atoms with Crippen LogP contribution >= 0.6 is 11.8 Å². The van der Waals surface area contributed by atoms with E-state index in [0.717, 1.165) is 11.3 Å². The maximum Gasteiger partial charge on any atom is 0.399 e. The first-order chi connectivity index (χ1) is 11.1. The molecule has 23 heavy (non-hydrogen) atoms. The third-order valence-corrected chi connectivity index (χ3v) is 3.88. The topological polar surface area (TPSA) is 73.7 Å². The van der Waals surface area contributed by atoms with E-state index in [2.05, 4.69) is 4.99 Å². The number of hydrogen-bond donors (Lipinski definition) is 1. The van der Waals surface area contributed by atoms with Crippen LogP contribution in [0.15, 0.2) is 40.3 Å². The molecule has 0 amide bonds. The highest BCUT2D eigenvalue weighted by atomic mass is 32.2. The van der Waals surface area contributed by atoms with Gasteiger partial charge in [-0.05, 0) is 30.8 Å². The van der Waals surface area contributed by atoms with Gasteiger partial charge in [0.15, 0.2) is 0 Å². The predicted octanol–water partition coefficient (Wildman–Crippen LogP) is 2.41. The van der Waals surface area contributed by atoms with Gasteiger partial charge in [0.1, 0.15) is 5.75 Å². The first kappa shape index (κ1) is 17.0. The monoisotopic (exact) mass is 336 g/mol. The second-order valence-corrected chi connectivity index (χ2v) is 5.44. The van der Waals surface area contributed by atoms with Crippen molar-refractivity contribution in [2.24, 2.45) is 12.0 Å². The molecule has 1 heterocycles. The minimum Gasteiger partial charge on any atom is -0.493 e. The van der Waals surface area contributed by atoms with Crippen LogP contribution in [0.2, 0.25) is 0 Å². The summed E-state index contributed by atoms with van der Waals surface area (Å²) in [7, 11) is 1.60. The summed E-state index contributed by atoms with van der Waals surface area (Å²) in [5, 5.41) is 9.46. The Balaban J connectivity index is 2.38. The molecule has 7 nitrogen and oxygen atoms in total. The van der Waals surface area contributed by atoms with Crippen LogP contribution in [0.4, 0.5) is 0 Å². The number of hydrogen-bond acceptors (Lipinski definition) is 5. The standard InChI is InChI=1S/C15H20N4O3S/c1-4-9-16-11-23-10-12-13(7-6-8-14(12)22-5-2)18-15(20)19(21)17(18)3/h4,6-9,11,21H,5,10H2,1-3H3/b9-4-,16-11+. The van der Waals surface area contributed by atoms with Gasteiger partial charge in [0, 0.05) is 24.6 Å². The van der Waals surface area contributed by atoms with Gasteiger partial charge in [-0.1, -0.05) is 12.1 Å². The Morgan fingerprint density at radius 2 is 2.22 bits per heavy atom. The van der Waals surface area contributed by atoms with Crippen LogP contribution in [-0.2, 0) is 12.8 Å². The van der Waals surface area contributed by atoms with E-state index >= 15 is 0 Å². The molecule has 8 heteroatoms. The van der Waals surface area contributed by atoms with Crippen LogP contribution in [0.25, 0.3) is 5.69 Å². The molecule has 0 bridgehead atoms. The highest BCUT2D eigenvalue weighted by molar-refractivity contribution is 8.11. The Morgan fingerprint density at radius 3 is 2.87 bits per heavy atom. The van der Waals surface area contributed by atoms with Crippen molar-refractivity contribution in [3.63, 3.8) is 0 Å². The number of rotatable bonds is 7. The molecule has 0 saturated carbocycles. The number of aliphatic imine (C=N–C) groups is 1. The molecule has 0 aliphatic rings. The van der Waals surface area contributed by atoms with Gasteiger partial charge in [-0.2, -0.15) is 9.48 Å². The van der Waals surface area contributed by atoms with Gasteiger partial charge in [0.05, 0.1) is 17.8 Å². The van der Waals surface area contributed by atoms with Crippen LogP contribution < -0.4 is 10.4 Å². The van der Waals surface area contributed by atoms with E-state index in [0.29, 0.717) is 22.9 Å². The molecule has 0 aliphatic carbocycles. The number of allylic oxidation sites excluding steroid dienone is 1. The van der Waals surface area contributed by atoms with Gasteiger partial charge < -0.3 is 9.94 Å². The van der Waals surface area contributed by atoms with Crippen molar-refractivity contribution in [1.29, 1.82) is 0 Å². The summed E-state index contributed by atoms with van der Waals surface area (Å²) in [5.74, 6) is 1.31. The molecule has 1 aromatic carbocycles. The normalized spacial score (nSPS) is 11.8. The minimum atomic E-state index is -0.505. The summed E-state index contributed by atoms with van der Waals surface area (Å²) in [6.07, 6.45) is 3.55. The Morgan fingerprint density at radius 1 is 1.43 bits per heavy atom. The van der Waals surface area contributed by atoms with Crippen molar-refractivity contribution < 1.29 is 9.94 Å². The summed E-state index contributed by atoms with van der Waals surface area (Å²) < 4.78 is 7.06. The molecule has 2 aromatic rings. The zero-order chi connectivity index (χ0) is 16.8. The molecule has 124 valence electrons. The van der Waals surface area contributed by atoms with Gasteiger partial charge >= 0.3 is 5.69 Å². The molecule has 0 unspecified atom stereocenters. The number of ether oxygens (including phenoxy) is 1. The Labute approximate surface area is 138 Å². The van der Waals surface area contributed by atoms with Gasteiger partial charge in [-0.25, -0.2) is 4.79 Å². The van der Waals surface area contributed by atoms with Gasteiger partial charge in [-0.3, -0.25) is 4.99 Å². The molecule has 0 radical (unpaired) electrons. The number of aromatic nitrogens is 3. The first-order valence-corrected chi connectivity index (χ1v) is 8.22. The fraction of sp³-hybridized carbons (Fsp3) is 0.333. The van der Waals surface area contributed by atoms with Crippen LogP contribution in [0.3, 0.4) is 0 Å². The average Bonchev–Trinajstić information content (AvgIpc) is 2.56. The maximum atomic E-state index is 11.9. The molecule has 0 fully saturated rings. The van der Waals surface area contributed by atoms with Crippen molar-refractivity contribution in [1.82, 2.24) is 14.3 Å². The Bertz CT molecular complexity index is 770. The lowest BCUT2D eigenvalue weighted by Crippen LogP contribution is -2.47. The van der Waals surface area contributed by atoms with Crippen LogP contribution in [0, 0.1) is 0 Å². The van der Waals surface area contributed by atoms with Gasteiger partial charge in [0.2, 0.25) is 0 Å². The van der Waals surface area contributed by atoms with Gasteiger partial charge in [-0.15, -0.1) is 11.8 Å². The SMILES string of the molecule is C/C=C\N=C\SCc1c(OCC)cccc1-n1c(=O)n(O)n1C. The minimum absolute atomic E-state index is 0.505. The Kier molecular flexibility index (Phi) is 5.75. The number of thioether (sulfide) groups is 1. The highest BCUT2D eigenvalue weighted by Crippen LogP contribution is 2.28. The molecule has 2 rings (SSSR count). The zero-order valence-corrected chi connectivity index (χ0v) is 14.2. The lowest BCUT2D eigenvalue weighted by atomic mass is 10.2. The van der Waals surface area contributed by atoms with E-state index in [4.69, 9.17) is 4.74 Å². The van der Waals surface area contributed by atoms with Crippen molar-refractivity contribution in [3.05, 3.63) is 46.5 Å². The first-order valence-electron chi connectivity index (χ1n) is 7.17. The van der Waals surface area contributed by atoms with Crippen LogP contribution in [-0.4, -0.2) is 31.7 Å². The fourth-order valence-electron chi connectivity index (χ4n) is 2.11. The van der Waals surface area contributed by atoms with Crippen LogP contribution in [0.5, 0.6) is 5.75 Å². The molecule has 0 atom stereocenters. The van der Waals surface area contributed by atoms with E-state index in [1.54, 1.807) is 18.8 Å². The molecular weight excluding hydrogens is 316 g/mol. The molecule has 0 spiro atoms. The number of benzene rings is 1. The van der Waals surface area contributed by atoms with E-state index in [1.807, 2.05) is 38.1 Å². The third-order valence-electron chi connectivity index (χ3n) is 3.15. The quantitative estimate of drug-likeness (QED) is 0.479. The fourth-order valence-corrected chi connectivity index (χ4v) is 2.80. The largest absolute Gasteiger partial charge is 0.493 e. The van der Waals surface area contributed by atoms with E-state index in [9.17, 15) is 10.0 Å². The lowest BCUT2D eigenvalue weighted by Gasteiger charge is -2.22. The molecule has 1 aromatic heterocycles. The molecule has 0 saturated heterocycles. The highest BCUT2D eigenvalue weighted by Gasteiger charge is 2.19. The van der Waals surface area contributed by atoms with E-state index < -0.39 is 5.69 Å². The summed E-state index contributed by atoms with van der Waals surface area (Å²) in [5.41, 5.74) is 2.79. The number of nitrogens with zero attached hydrogens (tertiary/aromatic N) is 4. The van der Waals surface area contributed by atoms with Crippen molar-refractivity contribution in [2.45, 2.75) is 19.6 Å². The molecule has 1 N–H and O–H groups in total. The van der Waals surface area contributed by atoms with Crippen LogP contribution in [0.1, 0.15) is 19.4 Å². The smallest absolute Gasteiger partial charge is 0.399 e. The summed E-state index contributed by atoms with van der Waals surface area (Å²) >= 11 is 1.50. The summed E-state index contributed by atoms with van der Waals surface area (Å²) in [6, 6.07) is 5.51. The van der Waals surface area contributed by atoms with E-state index in [-0.39, 0.29) is 0 Å². The average molecular weight is 336 g/mol. The third kappa shape index (κ3) is 3.53. The van der Waals surface area contributed by atoms with E-state index in [1.165, 1.54) is 21.2 Å². The Hall–Kier alpha value is -2.35. The lowest BCUT2D eigenvalue weighted by molar-refractivity contribution is 0.0353. The second kappa shape index (κ2) is 7.77. The van der Waals surface area contributed by atoms with Crippen molar-refractivity contribution in [2.75, 3.05) is 6.61 Å². The predicted molar refractivity (Wildman–Crippen MR) is 92.0 cm³/mol. The second-order valence-electron chi connectivity index (χ2n) is 4.61.